The lowest BCUT2D eigenvalue weighted by Gasteiger charge is -2.17. The van der Waals surface area contributed by atoms with Crippen LogP contribution in [0.4, 0.5) is 5.69 Å². The first-order chi connectivity index (χ1) is 12.1. The largest absolute Gasteiger partial charge is 0.326 e. The molecular weight excluding hydrogens is 389 g/mol. The minimum atomic E-state index is -0.0667. The summed E-state index contributed by atoms with van der Waals surface area (Å²) in [7, 11) is 0. The van der Waals surface area contributed by atoms with E-state index in [2.05, 4.69) is 5.32 Å². The predicted octanol–water partition coefficient (Wildman–Crippen LogP) is 6.34. The van der Waals surface area contributed by atoms with Gasteiger partial charge in [-0.05, 0) is 41.8 Å². The highest BCUT2D eigenvalue weighted by Crippen LogP contribution is 2.26. The third-order valence-corrected chi connectivity index (χ3v) is 5.15. The average molecular weight is 410 g/mol. The molecule has 0 aromatic heterocycles. The molecule has 138 valence electrons. The molecule has 0 saturated heterocycles. The van der Waals surface area contributed by atoms with Gasteiger partial charge in [-0.15, -0.1) is 11.8 Å². The lowest BCUT2D eigenvalue weighted by atomic mass is 9.92. The van der Waals surface area contributed by atoms with Gasteiger partial charge in [-0.3, -0.25) is 9.59 Å². The van der Waals surface area contributed by atoms with Gasteiger partial charge in [0.2, 0.25) is 5.91 Å². The van der Waals surface area contributed by atoms with Crippen molar-refractivity contribution in [2.45, 2.75) is 32.1 Å². The van der Waals surface area contributed by atoms with Crippen molar-refractivity contribution in [3.8, 4) is 0 Å². The standard InChI is InChI=1S/C20H21Cl2NO2S/c1-20(2,3)11-19(25)23-14-5-4-6-15(10-14)26-12-18(24)13-7-8-16(21)17(22)9-13/h4-10H,11-12H2,1-3H3,(H,23,25). The van der Waals surface area contributed by atoms with Gasteiger partial charge < -0.3 is 5.32 Å². The molecule has 1 N–H and O–H groups in total. The van der Waals surface area contributed by atoms with Crippen molar-refractivity contribution in [1.29, 1.82) is 0 Å². The van der Waals surface area contributed by atoms with Gasteiger partial charge in [-0.2, -0.15) is 0 Å². The number of carbonyl (C=O) groups is 2. The first-order valence-electron chi connectivity index (χ1n) is 8.15. The number of hydrogen-bond acceptors (Lipinski definition) is 3. The lowest BCUT2D eigenvalue weighted by molar-refractivity contribution is -0.117. The van der Waals surface area contributed by atoms with Crippen LogP contribution in [0.15, 0.2) is 47.4 Å². The summed E-state index contributed by atoms with van der Waals surface area (Å²) >= 11 is 13.2. The maximum Gasteiger partial charge on any atom is 0.224 e. The third kappa shape index (κ3) is 6.67. The van der Waals surface area contributed by atoms with E-state index >= 15 is 0 Å². The monoisotopic (exact) mass is 409 g/mol. The number of benzene rings is 2. The van der Waals surface area contributed by atoms with Crippen molar-refractivity contribution in [3.05, 3.63) is 58.1 Å². The number of Topliss-reactive ketones (excluding diaryl/α,β-unsaturated/α-hetero) is 1. The Kier molecular flexibility index (Phi) is 7.16. The summed E-state index contributed by atoms with van der Waals surface area (Å²) in [5.74, 6) is 0.222. The Labute approximate surface area is 168 Å². The lowest BCUT2D eigenvalue weighted by Crippen LogP contribution is -2.19. The first-order valence-corrected chi connectivity index (χ1v) is 9.89. The number of hydrogen-bond donors (Lipinski definition) is 1. The number of ketones is 1. The van der Waals surface area contributed by atoms with Gasteiger partial charge in [0.1, 0.15) is 0 Å². The van der Waals surface area contributed by atoms with Gasteiger partial charge in [0, 0.05) is 22.6 Å². The Morgan fingerprint density at radius 2 is 1.77 bits per heavy atom. The summed E-state index contributed by atoms with van der Waals surface area (Å²) in [6.45, 7) is 6.06. The van der Waals surface area contributed by atoms with Gasteiger partial charge in [0.25, 0.3) is 0 Å². The fourth-order valence-electron chi connectivity index (χ4n) is 2.25. The van der Waals surface area contributed by atoms with Gasteiger partial charge in [0.05, 0.1) is 15.8 Å². The Morgan fingerprint density at radius 1 is 1.04 bits per heavy atom. The molecule has 0 bridgehead atoms. The first kappa shape index (κ1) is 20.8. The highest BCUT2D eigenvalue weighted by molar-refractivity contribution is 8.00. The Hall–Kier alpha value is -1.49. The van der Waals surface area contributed by atoms with E-state index in [4.69, 9.17) is 23.2 Å². The van der Waals surface area contributed by atoms with E-state index in [1.807, 2.05) is 45.0 Å². The fraction of sp³-hybridized carbons (Fsp3) is 0.300. The Bertz CT molecular complexity index is 816. The number of carbonyl (C=O) groups excluding carboxylic acids is 2. The summed E-state index contributed by atoms with van der Waals surface area (Å²) in [4.78, 5) is 25.3. The van der Waals surface area contributed by atoms with Crippen LogP contribution in [-0.4, -0.2) is 17.4 Å². The molecule has 2 aromatic carbocycles. The molecule has 0 fully saturated rings. The number of rotatable bonds is 6. The van der Waals surface area contributed by atoms with Crippen molar-refractivity contribution in [3.63, 3.8) is 0 Å². The molecule has 0 saturated carbocycles. The predicted molar refractivity (Wildman–Crippen MR) is 111 cm³/mol. The number of halogens is 2. The molecule has 6 heteroatoms. The van der Waals surface area contributed by atoms with Crippen molar-refractivity contribution in [2.24, 2.45) is 5.41 Å². The number of thioether (sulfide) groups is 1. The van der Waals surface area contributed by atoms with Crippen LogP contribution in [0.5, 0.6) is 0 Å². The maximum absolute atomic E-state index is 12.3. The van der Waals surface area contributed by atoms with Crippen molar-refractivity contribution in [2.75, 3.05) is 11.1 Å². The van der Waals surface area contributed by atoms with Crippen LogP contribution < -0.4 is 5.32 Å². The summed E-state index contributed by atoms with van der Waals surface area (Å²) in [5.41, 5.74) is 1.19. The fourth-order valence-corrected chi connectivity index (χ4v) is 3.40. The summed E-state index contributed by atoms with van der Waals surface area (Å²) in [5, 5.41) is 3.69. The van der Waals surface area contributed by atoms with Crippen LogP contribution in [0.1, 0.15) is 37.6 Å². The zero-order chi connectivity index (χ0) is 19.3. The minimum absolute atomic E-state index is 0.0217. The average Bonchev–Trinajstić information content (AvgIpc) is 2.53. The van der Waals surface area contributed by atoms with Crippen molar-refractivity contribution >= 4 is 52.3 Å². The van der Waals surface area contributed by atoms with Crippen LogP contribution in [-0.2, 0) is 4.79 Å². The molecule has 3 nitrogen and oxygen atoms in total. The van der Waals surface area contributed by atoms with Crippen molar-refractivity contribution in [1.82, 2.24) is 0 Å². The molecule has 0 unspecified atom stereocenters. The van der Waals surface area contributed by atoms with Crippen molar-refractivity contribution < 1.29 is 9.59 Å². The van der Waals surface area contributed by atoms with Gasteiger partial charge in [0.15, 0.2) is 5.78 Å². The van der Waals surface area contributed by atoms with E-state index in [1.165, 1.54) is 11.8 Å². The molecule has 0 aliphatic heterocycles. The molecule has 2 aromatic rings. The SMILES string of the molecule is CC(C)(C)CC(=O)Nc1cccc(SCC(=O)c2ccc(Cl)c(Cl)c2)c1. The molecule has 0 heterocycles. The van der Waals surface area contributed by atoms with E-state index in [-0.39, 0.29) is 22.9 Å². The zero-order valence-corrected chi connectivity index (χ0v) is 17.3. The second-order valence-corrected chi connectivity index (χ2v) is 9.02. The molecule has 26 heavy (non-hydrogen) atoms. The smallest absolute Gasteiger partial charge is 0.224 e. The second-order valence-electron chi connectivity index (χ2n) is 7.15. The van der Waals surface area contributed by atoms with E-state index < -0.39 is 0 Å². The molecule has 0 aliphatic rings. The zero-order valence-electron chi connectivity index (χ0n) is 14.9. The van der Waals surface area contributed by atoms with Crippen LogP contribution in [0.25, 0.3) is 0 Å². The number of anilines is 1. The molecule has 0 aliphatic carbocycles. The summed E-state index contributed by atoms with van der Waals surface area (Å²) in [6, 6.07) is 12.3. The van der Waals surface area contributed by atoms with E-state index in [0.717, 1.165) is 10.6 Å². The molecular formula is C20H21Cl2NO2S. The van der Waals surface area contributed by atoms with Gasteiger partial charge in [-0.25, -0.2) is 0 Å². The molecule has 0 radical (unpaired) electrons. The summed E-state index contributed by atoms with van der Waals surface area (Å²) in [6.07, 6.45) is 0.445. The second kappa shape index (κ2) is 8.94. The topological polar surface area (TPSA) is 46.2 Å². The number of amides is 1. The van der Waals surface area contributed by atoms with E-state index in [9.17, 15) is 9.59 Å². The van der Waals surface area contributed by atoms with Crippen LogP contribution in [0, 0.1) is 5.41 Å². The maximum atomic E-state index is 12.3. The highest BCUT2D eigenvalue weighted by atomic mass is 35.5. The molecule has 1 amide bonds. The molecule has 2 rings (SSSR count). The van der Waals surface area contributed by atoms with Crippen LogP contribution in [0.3, 0.4) is 0 Å². The highest BCUT2D eigenvalue weighted by Gasteiger charge is 2.16. The van der Waals surface area contributed by atoms with Crippen LogP contribution in [0.2, 0.25) is 10.0 Å². The van der Waals surface area contributed by atoms with Gasteiger partial charge >= 0.3 is 0 Å². The summed E-state index contributed by atoms with van der Waals surface area (Å²) < 4.78 is 0. The Morgan fingerprint density at radius 3 is 2.42 bits per heavy atom. The molecule has 0 spiro atoms. The minimum Gasteiger partial charge on any atom is -0.326 e. The van der Waals surface area contributed by atoms with E-state index in [0.29, 0.717) is 22.0 Å². The normalized spacial score (nSPS) is 11.3. The van der Waals surface area contributed by atoms with E-state index in [1.54, 1.807) is 18.2 Å². The van der Waals surface area contributed by atoms with Crippen LogP contribution >= 0.6 is 35.0 Å². The number of nitrogens with one attached hydrogen (secondary N) is 1. The Balaban J connectivity index is 1.96. The third-order valence-electron chi connectivity index (χ3n) is 3.42. The molecule has 0 atom stereocenters. The quantitative estimate of drug-likeness (QED) is 0.446. The van der Waals surface area contributed by atoms with Gasteiger partial charge in [-0.1, -0.05) is 50.0 Å².